The number of halogens is 4. The molecular weight excluding hydrogens is 354 g/mol. The first kappa shape index (κ1) is 14.5. The third kappa shape index (κ3) is 3.56. The maximum absolute atomic E-state index is 13.6. The Balaban J connectivity index is 2.28. The zero-order valence-corrected chi connectivity index (χ0v) is 12.7. The van der Waals surface area contributed by atoms with Crippen molar-refractivity contribution in [1.82, 2.24) is 0 Å². The zero-order valence-electron chi connectivity index (χ0n) is 9.59. The van der Waals surface area contributed by atoms with Gasteiger partial charge in [-0.3, -0.25) is 4.79 Å². The van der Waals surface area contributed by atoms with Gasteiger partial charge in [0.15, 0.2) is 5.78 Å². The van der Waals surface area contributed by atoms with Gasteiger partial charge in [-0.25, -0.2) is 4.39 Å². The van der Waals surface area contributed by atoms with E-state index >= 15 is 0 Å². The van der Waals surface area contributed by atoms with Crippen LogP contribution in [0.25, 0.3) is 0 Å². The molecule has 0 N–H and O–H groups in total. The lowest BCUT2D eigenvalue weighted by molar-refractivity contribution is 0.0992. The van der Waals surface area contributed by atoms with Crippen LogP contribution in [0.4, 0.5) is 4.39 Å². The Kier molecular flexibility index (Phi) is 4.61. The van der Waals surface area contributed by atoms with Gasteiger partial charge in [-0.15, -0.1) is 0 Å². The highest BCUT2D eigenvalue weighted by atomic mass is 79.9. The third-order valence-corrected chi connectivity index (χ3v) is 3.65. The highest BCUT2D eigenvalue weighted by molar-refractivity contribution is 9.10. The van der Waals surface area contributed by atoms with Crippen LogP contribution in [-0.4, -0.2) is 5.78 Å². The van der Waals surface area contributed by atoms with E-state index < -0.39 is 5.82 Å². The van der Waals surface area contributed by atoms with E-state index in [2.05, 4.69) is 15.9 Å². The molecule has 0 saturated carbocycles. The summed E-state index contributed by atoms with van der Waals surface area (Å²) in [6.07, 6.45) is -0.0564. The Bertz CT molecular complexity index is 643. The molecule has 2 aromatic carbocycles. The third-order valence-electron chi connectivity index (χ3n) is 2.59. The molecule has 19 heavy (non-hydrogen) atoms. The lowest BCUT2D eigenvalue weighted by Gasteiger charge is -2.06. The van der Waals surface area contributed by atoms with Crippen LogP contribution in [0.1, 0.15) is 15.9 Å². The van der Waals surface area contributed by atoms with Crippen molar-refractivity contribution in [1.29, 1.82) is 0 Å². The van der Waals surface area contributed by atoms with E-state index in [9.17, 15) is 9.18 Å². The van der Waals surface area contributed by atoms with Gasteiger partial charge in [0.05, 0.1) is 5.02 Å². The number of carbonyl (C=O) groups excluding carboxylic acids is 1. The molecule has 0 fully saturated rings. The molecule has 0 bridgehead atoms. The predicted octanol–water partition coefficient (Wildman–Crippen LogP) is 5.32. The number of benzene rings is 2. The smallest absolute Gasteiger partial charge is 0.168 e. The topological polar surface area (TPSA) is 17.1 Å². The number of hydrogen-bond donors (Lipinski definition) is 0. The van der Waals surface area contributed by atoms with E-state index in [0.29, 0.717) is 21.2 Å². The minimum Gasteiger partial charge on any atom is -0.294 e. The van der Waals surface area contributed by atoms with E-state index in [-0.39, 0.29) is 12.2 Å². The minimum atomic E-state index is -0.494. The van der Waals surface area contributed by atoms with Gasteiger partial charge in [0.25, 0.3) is 0 Å². The van der Waals surface area contributed by atoms with Crippen LogP contribution in [0.2, 0.25) is 10.0 Å². The van der Waals surface area contributed by atoms with Crippen molar-refractivity contribution in [2.75, 3.05) is 0 Å². The van der Waals surface area contributed by atoms with E-state index in [0.717, 1.165) is 4.47 Å². The summed E-state index contributed by atoms with van der Waals surface area (Å²) in [6, 6.07) is 9.22. The molecule has 0 aromatic heterocycles. The van der Waals surface area contributed by atoms with Crippen molar-refractivity contribution >= 4 is 44.9 Å². The van der Waals surface area contributed by atoms with Crippen LogP contribution in [0.5, 0.6) is 0 Å². The number of ketones is 1. The Morgan fingerprint density at radius 2 is 1.89 bits per heavy atom. The second kappa shape index (κ2) is 6.04. The van der Waals surface area contributed by atoms with Gasteiger partial charge in [0, 0.05) is 21.5 Å². The van der Waals surface area contributed by atoms with Gasteiger partial charge in [0.1, 0.15) is 5.82 Å². The summed E-state index contributed by atoms with van der Waals surface area (Å²) in [7, 11) is 0. The molecule has 0 atom stereocenters. The summed E-state index contributed by atoms with van der Waals surface area (Å²) in [5.41, 5.74) is 0.663. The average Bonchev–Trinajstić information content (AvgIpc) is 2.35. The largest absolute Gasteiger partial charge is 0.294 e. The molecule has 0 aliphatic heterocycles. The van der Waals surface area contributed by atoms with E-state index in [1.54, 1.807) is 24.3 Å². The summed E-state index contributed by atoms with van der Waals surface area (Å²) in [5.74, 6) is -0.737. The molecule has 0 aliphatic rings. The number of rotatable bonds is 3. The Labute approximate surface area is 128 Å². The van der Waals surface area contributed by atoms with E-state index in [1.165, 1.54) is 12.1 Å². The molecule has 98 valence electrons. The van der Waals surface area contributed by atoms with Crippen LogP contribution in [0.15, 0.2) is 40.9 Å². The maximum atomic E-state index is 13.6. The summed E-state index contributed by atoms with van der Waals surface area (Å²) in [4.78, 5) is 12.1. The van der Waals surface area contributed by atoms with Gasteiger partial charge in [-0.05, 0) is 35.9 Å². The molecule has 0 spiro atoms. The van der Waals surface area contributed by atoms with E-state index in [1.807, 2.05) is 0 Å². The molecule has 0 heterocycles. The Hall–Kier alpha value is -0.900. The van der Waals surface area contributed by atoms with Gasteiger partial charge < -0.3 is 0 Å². The SMILES string of the molecule is O=C(Cc1ccc(Cl)cc1F)c1cc(Br)ccc1Cl. The Morgan fingerprint density at radius 1 is 1.16 bits per heavy atom. The fourth-order valence-electron chi connectivity index (χ4n) is 1.64. The number of Topliss-reactive ketones (excluding diaryl/α,β-unsaturated/α-hetero) is 1. The lowest BCUT2D eigenvalue weighted by atomic mass is 10.0. The first-order valence-electron chi connectivity index (χ1n) is 5.39. The molecule has 0 saturated heterocycles. The van der Waals surface area contributed by atoms with Gasteiger partial charge in [-0.1, -0.05) is 45.2 Å². The average molecular weight is 362 g/mol. The van der Waals surface area contributed by atoms with Crippen molar-refractivity contribution in [3.05, 3.63) is 67.9 Å². The van der Waals surface area contributed by atoms with Crippen molar-refractivity contribution in [2.45, 2.75) is 6.42 Å². The molecule has 0 amide bonds. The summed E-state index contributed by atoms with van der Waals surface area (Å²) in [5, 5.41) is 0.650. The molecule has 2 aromatic rings. The minimum absolute atomic E-state index is 0.0564. The highest BCUT2D eigenvalue weighted by Gasteiger charge is 2.14. The zero-order chi connectivity index (χ0) is 14.0. The first-order chi connectivity index (χ1) is 8.97. The molecule has 5 heteroatoms. The van der Waals surface area contributed by atoms with Crippen molar-refractivity contribution in [3.63, 3.8) is 0 Å². The highest BCUT2D eigenvalue weighted by Crippen LogP contribution is 2.23. The number of carbonyl (C=O) groups is 1. The first-order valence-corrected chi connectivity index (χ1v) is 6.94. The fourth-order valence-corrected chi connectivity index (χ4v) is 2.39. The standard InChI is InChI=1S/C14H8BrCl2FO/c15-9-2-4-12(17)11(6-9)14(19)5-8-1-3-10(16)7-13(8)18/h1-4,6-7H,5H2. The predicted molar refractivity (Wildman–Crippen MR) is 78.6 cm³/mol. The number of hydrogen-bond acceptors (Lipinski definition) is 1. The van der Waals surface area contributed by atoms with Crippen LogP contribution in [0, 0.1) is 5.82 Å². The van der Waals surface area contributed by atoms with Crippen molar-refractivity contribution in [3.8, 4) is 0 Å². The Morgan fingerprint density at radius 3 is 2.58 bits per heavy atom. The maximum Gasteiger partial charge on any atom is 0.168 e. The van der Waals surface area contributed by atoms with Gasteiger partial charge >= 0.3 is 0 Å². The fraction of sp³-hybridized carbons (Fsp3) is 0.0714. The second-order valence-corrected chi connectivity index (χ2v) is 5.72. The van der Waals surface area contributed by atoms with Crippen LogP contribution >= 0.6 is 39.1 Å². The summed E-state index contributed by atoms with van der Waals surface area (Å²) >= 11 is 14.9. The molecule has 2 rings (SSSR count). The van der Waals surface area contributed by atoms with E-state index in [4.69, 9.17) is 23.2 Å². The van der Waals surface area contributed by atoms with Gasteiger partial charge in [0.2, 0.25) is 0 Å². The quantitative estimate of drug-likeness (QED) is 0.676. The molecule has 0 unspecified atom stereocenters. The lowest BCUT2D eigenvalue weighted by Crippen LogP contribution is -2.06. The van der Waals surface area contributed by atoms with Crippen molar-refractivity contribution in [2.24, 2.45) is 0 Å². The molecular formula is C14H8BrCl2FO. The van der Waals surface area contributed by atoms with Crippen LogP contribution in [-0.2, 0) is 6.42 Å². The molecule has 0 aliphatic carbocycles. The van der Waals surface area contributed by atoms with Crippen LogP contribution in [0.3, 0.4) is 0 Å². The summed E-state index contributed by atoms with van der Waals surface area (Å²) < 4.78 is 14.4. The second-order valence-electron chi connectivity index (χ2n) is 3.96. The molecule has 1 nitrogen and oxygen atoms in total. The molecule has 0 radical (unpaired) electrons. The van der Waals surface area contributed by atoms with Crippen LogP contribution < -0.4 is 0 Å². The van der Waals surface area contributed by atoms with Gasteiger partial charge in [-0.2, -0.15) is 0 Å². The monoisotopic (exact) mass is 360 g/mol. The van der Waals surface area contributed by atoms with Crippen molar-refractivity contribution < 1.29 is 9.18 Å². The summed E-state index contributed by atoms with van der Waals surface area (Å²) in [6.45, 7) is 0. The normalized spacial score (nSPS) is 10.5.